The molecule has 0 aromatic rings. The van der Waals surface area contributed by atoms with Crippen LogP contribution < -0.4 is 39.7 Å². The maximum atomic E-state index is 13.1. The lowest BCUT2D eigenvalue weighted by molar-refractivity contribution is -0.286. The van der Waals surface area contributed by atoms with Gasteiger partial charge in [0.15, 0.2) is 30.6 Å². The largest absolute Gasteiger partial charge is 0.394 e. The molecule has 0 spiro atoms. The number of ether oxygens (including phenoxy) is 6. The molecule has 0 aromatic carbocycles. The first-order chi connectivity index (χ1) is 26.1. The third-order valence-electron chi connectivity index (χ3n) is 10.1. The van der Waals surface area contributed by atoms with Gasteiger partial charge in [-0.25, -0.2) is 0 Å². The molecule has 21 N–H and O–H groups in total. The molecule has 19 atom stereocenters. The van der Waals surface area contributed by atoms with Gasteiger partial charge < -0.3 is 109 Å². The molecule has 1 aliphatic carbocycles. The Bertz CT molecular complexity index is 1260. The van der Waals surface area contributed by atoms with Crippen molar-refractivity contribution in [2.75, 3.05) is 39.4 Å². The van der Waals surface area contributed by atoms with E-state index in [1.807, 2.05) is 0 Å². The number of Topliss-reactive ketones (excluding diaryl/α,β-unsaturated/α-hetero) is 1. The molecule has 2 saturated heterocycles. The van der Waals surface area contributed by atoms with Gasteiger partial charge in [0, 0.05) is 45.1 Å². The van der Waals surface area contributed by atoms with E-state index in [1.165, 1.54) is 0 Å². The number of guanidine groups is 1. The summed E-state index contributed by atoms with van der Waals surface area (Å²) in [7, 11) is 0. The molecule has 55 heavy (non-hydrogen) atoms. The molecule has 0 bridgehead atoms. The van der Waals surface area contributed by atoms with Crippen molar-refractivity contribution in [2.45, 2.75) is 130 Å². The molecule has 3 fully saturated rings. The monoisotopic (exact) mass is 796 g/mol. The second-order valence-corrected chi connectivity index (χ2v) is 14.3. The number of carbonyl (C=O) groups excluding carboxylic acids is 1. The van der Waals surface area contributed by atoms with Crippen LogP contribution in [0.4, 0.5) is 0 Å². The number of aliphatic hydroxyl groups excluding tert-OH is 8. The number of aliphatic hydroxyl groups is 8. The number of nitrogens with zero attached hydrogens (tertiary/aromatic N) is 1. The van der Waals surface area contributed by atoms with Gasteiger partial charge in [-0.05, 0) is 12.3 Å². The Morgan fingerprint density at radius 1 is 0.855 bits per heavy atom. The number of aliphatic imine (C=N–C) groups is 1. The zero-order chi connectivity index (χ0) is 40.6. The van der Waals surface area contributed by atoms with Crippen molar-refractivity contribution in [3.8, 4) is 0 Å². The summed E-state index contributed by atoms with van der Waals surface area (Å²) in [6.45, 7) is -1.06. The van der Waals surface area contributed by atoms with E-state index in [1.54, 1.807) is 12.2 Å². The Hall–Kier alpha value is -2.08. The molecule has 1 saturated carbocycles. The van der Waals surface area contributed by atoms with Crippen LogP contribution in [-0.4, -0.2) is 202 Å². The zero-order valence-corrected chi connectivity index (χ0v) is 30.3. The smallest absolute Gasteiger partial charge is 0.187 e. The number of hydrogen-bond donors (Lipinski definition) is 15. The van der Waals surface area contributed by atoms with E-state index in [2.05, 4.69) is 10.3 Å². The van der Waals surface area contributed by atoms with E-state index in [9.17, 15) is 40.5 Å². The topological polar surface area (TPSA) is 415 Å². The molecule has 0 radical (unpaired) electrons. The van der Waals surface area contributed by atoms with E-state index in [-0.39, 0.29) is 51.4 Å². The minimum Gasteiger partial charge on any atom is -0.394 e. The number of nitrogens with one attached hydrogen (secondary N) is 1. The highest BCUT2D eigenvalue weighted by molar-refractivity contribution is 5.83. The SMILES string of the molecule is NC[C@@H]1O[C@H](O[C@H]2[C@@H](O)[C@H](O[C@@H]3[C@@H](O)[C@H](CC(=O)[C@@H](O)CCN=C(N)N)C[C@H](N)[C@H]3O[C@H]3O[C@H](CNCC(O)CO)C=C[C@H]3N)O[C@@H]2CO)[C@H](N)[C@@H](O)[C@@H]1O. The summed E-state index contributed by atoms with van der Waals surface area (Å²) in [6.07, 6.45) is -16.8. The lowest BCUT2D eigenvalue weighted by atomic mass is 9.76. The van der Waals surface area contributed by atoms with Gasteiger partial charge in [0.1, 0.15) is 54.9 Å². The van der Waals surface area contributed by atoms with Crippen molar-refractivity contribution in [2.24, 2.45) is 45.3 Å². The molecule has 4 aliphatic rings. The van der Waals surface area contributed by atoms with Crippen LogP contribution in [-0.2, 0) is 33.2 Å². The Kier molecular flexibility index (Phi) is 17.5. The molecule has 3 heterocycles. The quantitative estimate of drug-likeness (QED) is 0.0328. The van der Waals surface area contributed by atoms with E-state index < -0.39 is 135 Å². The Morgan fingerprint density at radius 3 is 2.18 bits per heavy atom. The van der Waals surface area contributed by atoms with E-state index >= 15 is 0 Å². The van der Waals surface area contributed by atoms with Crippen LogP contribution in [0.2, 0.25) is 0 Å². The fourth-order valence-electron chi connectivity index (χ4n) is 6.96. The molecule has 23 nitrogen and oxygen atoms in total. The highest BCUT2D eigenvalue weighted by Crippen LogP contribution is 2.37. The molecule has 23 heteroatoms. The maximum Gasteiger partial charge on any atom is 0.187 e. The maximum absolute atomic E-state index is 13.1. The van der Waals surface area contributed by atoms with E-state index in [0.717, 1.165) is 0 Å². The van der Waals surface area contributed by atoms with Gasteiger partial charge in [-0.2, -0.15) is 0 Å². The highest BCUT2D eigenvalue weighted by atomic mass is 16.8. The second kappa shape index (κ2) is 21.1. The van der Waals surface area contributed by atoms with Gasteiger partial charge in [0.05, 0.1) is 43.6 Å². The Balaban J connectivity index is 1.53. The van der Waals surface area contributed by atoms with Gasteiger partial charge in [-0.15, -0.1) is 0 Å². The van der Waals surface area contributed by atoms with Gasteiger partial charge >= 0.3 is 0 Å². The third kappa shape index (κ3) is 11.8. The lowest BCUT2D eigenvalue weighted by Gasteiger charge is -2.46. The number of ketones is 1. The number of carbonyl (C=O) groups is 1. The van der Waals surface area contributed by atoms with Crippen molar-refractivity contribution in [1.82, 2.24) is 5.32 Å². The molecular weight excluding hydrogens is 736 g/mol. The Morgan fingerprint density at radius 2 is 1.53 bits per heavy atom. The van der Waals surface area contributed by atoms with Crippen LogP contribution in [0.3, 0.4) is 0 Å². The average molecular weight is 797 g/mol. The normalized spacial score (nSPS) is 41.9. The van der Waals surface area contributed by atoms with Gasteiger partial charge in [0.2, 0.25) is 0 Å². The summed E-state index contributed by atoms with van der Waals surface area (Å²) in [5, 5.41) is 86.3. The number of hydrogen-bond acceptors (Lipinski definition) is 21. The van der Waals surface area contributed by atoms with Crippen molar-refractivity contribution >= 4 is 11.7 Å². The first-order valence-corrected chi connectivity index (χ1v) is 18.3. The van der Waals surface area contributed by atoms with Crippen LogP contribution >= 0.6 is 0 Å². The van der Waals surface area contributed by atoms with Gasteiger partial charge in [0.25, 0.3) is 0 Å². The van der Waals surface area contributed by atoms with Crippen LogP contribution in [0.5, 0.6) is 0 Å². The van der Waals surface area contributed by atoms with E-state index in [0.29, 0.717) is 0 Å². The minimum atomic E-state index is -1.68. The zero-order valence-electron chi connectivity index (χ0n) is 30.3. The summed E-state index contributed by atoms with van der Waals surface area (Å²) in [5.41, 5.74) is 35.3. The molecular formula is C32H60N8O15. The summed E-state index contributed by atoms with van der Waals surface area (Å²) < 4.78 is 35.9. The fraction of sp³-hybridized carbons (Fsp3) is 0.875. The Labute approximate surface area is 317 Å². The standard InChI is InChI=1S/C32H60N8O15/c33-7-19-23(47)24(48)21(36)30(51-19)54-27-20(11-42)52-31(25(27)49)55-28-22(46)12(6-18(45)17(44)3-4-40-32(37)38)5-16(35)26(28)53-29-15(34)2-1-14(50-29)9-39-8-13(43)10-41/h1-2,12-17,19-31,39,41-44,46-49H,3-11,33-36H2,(H4,37,38,40)/t12-,13?,14-,15+,16-,17-,19-,20+,21+,22-,23+,24+,25+,26+,27+,28+,29+,30+,31-/m0/s1. The van der Waals surface area contributed by atoms with Crippen molar-refractivity contribution < 1.29 is 74.1 Å². The van der Waals surface area contributed by atoms with Crippen LogP contribution in [0.1, 0.15) is 19.3 Å². The fourth-order valence-corrected chi connectivity index (χ4v) is 6.96. The molecule has 1 unspecified atom stereocenters. The third-order valence-corrected chi connectivity index (χ3v) is 10.1. The van der Waals surface area contributed by atoms with Crippen LogP contribution in [0, 0.1) is 5.92 Å². The summed E-state index contributed by atoms with van der Waals surface area (Å²) in [6, 6.07) is -3.06. The van der Waals surface area contributed by atoms with E-state index in [4.69, 9.17) is 67.9 Å². The number of rotatable bonds is 19. The first kappa shape index (κ1) is 45.6. The van der Waals surface area contributed by atoms with Crippen LogP contribution in [0.25, 0.3) is 0 Å². The molecule has 0 amide bonds. The van der Waals surface area contributed by atoms with Crippen LogP contribution in [0.15, 0.2) is 17.1 Å². The summed E-state index contributed by atoms with van der Waals surface area (Å²) in [4.78, 5) is 16.8. The van der Waals surface area contributed by atoms with Crippen molar-refractivity contribution in [3.05, 3.63) is 12.2 Å². The predicted octanol–water partition coefficient (Wildman–Crippen LogP) is -8.80. The molecule has 0 aromatic heterocycles. The predicted molar refractivity (Wildman–Crippen MR) is 189 cm³/mol. The second-order valence-electron chi connectivity index (χ2n) is 14.3. The number of nitrogens with two attached hydrogens (primary N) is 6. The minimum absolute atomic E-state index is 0.00631. The first-order valence-electron chi connectivity index (χ1n) is 18.3. The van der Waals surface area contributed by atoms with Gasteiger partial charge in [-0.1, -0.05) is 12.2 Å². The van der Waals surface area contributed by atoms with Crippen molar-refractivity contribution in [3.63, 3.8) is 0 Å². The van der Waals surface area contributed by atoms with Gasteiger partial charge in [-0.3, -0.25) is 9.79 Å². The molecule has 3 aliphatic heterocycles. The lowest BCUT2D eigenvalue weighted by Crippen LogP contribution is -2.64. The van der Waals surface area contributed by atoms with Crippen molar-refractivity contribution in [1.29, 1.82) is 0 Å². The summed E-state index contributed by atoms with van der Waals surface area (Å²) >= 11 is 0. The molecule has 4 rings (SSSR count). The highest BCUT2D eigenvalue weighted by Gasteiger charge is 2.54. The summed E-state index contributed by atoms with van der Waals surface area (Å²) in [5.74, 6) is -1.73. The molecule has 318 valence electrons. The average Bonchev–Trinajstić information content (AvgIpc) is 3.45.